The molecule has 7 nitrogen and oxygen atoms in total. The van der Waals surface area contributed by atoms with E-state index >= 15 is 0 Å². The number of rotatable bonds is 7. The molecule has 3 amide bonds. The van der Waals surface area contributed by atoms with Crippen LogP contribution >= 0.6 is 11.6 Å². The second-order valence-electron chi connectivity index (χ2n) is 7.20. The fourth-order valence-electron chi connectivity index (χ4n) is 3.61. The number of hydrogen-bond donors (Lipinski definition) is 0. The lowest BCUT2D eigenvalue weighted by Crippen LogP contribution is -2.54. The van der Waals surface area contributed by atoms with E-state index in [1.54, 1.807) is 22.8 Å². The fraction of sp³-hybridized carbons (Fsp3) is 0.318. The highest BCUT2D eigenvalue weighted by molar-refractivity contribution is 6.33. The second-order valence-corrected chi connectivity index (χ2v) is 7.61. The zero-order valence-electron chi connectivity index (χ0n) is 16.6. The van der Waals surface area contributed by atoms with Crippen LogP contribution in [0.1, 0.15) is 32.1 Å². The minimum atomic E-state index is -0.486. The van der Waals surface area contributed by atoms with E-state index in [1.165, 1.54) is 4.90 Å². The average molecular weight is 426 g/mol. The van der Waals surface area contributed by atoms with E-state index in [9.17, 15) is 9.59 Å². The molecular formula is C22H22ClN4O3+. The van der Waals surface area contributed by atoms with Gasteiger partial charge in [0.15, 0.2) is 6.54 Å². The summed E-state index contributed by atoms with van der Waals surface area (Å²) in [6.45, 7) is 2.56. The van der Waals surface area contributed by atoms with Crippen molar-refractivity contribution in [3.05, 3.63) is 59.5 Å². The minimum Gasteiger partial charge on any atom is -0.335 e. The fourth-order valence-corrected chi connectivity index (χ4v) is 3.83. The lowest BCUT2D eigenvalue weighted by atomic mass is 9.94. The van der Waals surface area contributed by atoms with Crippen LogP contribution in [0.3, 0.4) is 0 Å². The quantitative estimate of drug-likeness (QED) is 0.489. The molecule has 1 aliphatic heterocycles. The Kier molecular flexibility index (Phi) is 5.90. The molecule has 1 aromatic heterocycles. The van der Waals surface area contributed by atoms with Gasteiger partial charge in [0.2, 0.25) is 5.82 Å². The van der Waals surface area contributed by atoms with Gasteiger partial charge in [-0.25, -0.2) is 4.79 Å². The summed E-state index contributed by atoms with van der Waals surface area (Å²) in [6, 6.07) is 6.85. The van der Waals surface area contributed by atoms with Crippen LogP contribution in [0.2, 0.25) is 5.02 Å². The molecule has 30 heavy (non-hydrogen) atoms. The van der Waals surface area contributed by atoms with Gasteiger partial charge >= 0.3 is 11.9 Å². The Morgan fingerprint density at radius 3 is 2.83 bits per heavy atom. The molecule has 0 spiro atoms. The Labute approximate surface area is 179 Å². The first-order valence-electron chi connectivity index (χ1n) is 10.0. The van der Waals surface area contributed by atoms with Gasteiger partial charge in [0, 0.05) is 5.56 Å². The molecule has 0 saturated heterocycles. The smallest absolute Gasteiger partial charge is 0.335 e. The van der Waals surface area contributed by atoms with Crippen molar-refractivity contribution in [2.24, 2.45) is 5.92 Å². The number of imide groups is 1. The molecule has 0 saturated carbocycles. The number of unbranched alkanes of at least 4 members (excludes halogenated alkanes) is 2. The molecular weight excluding hydrogens is 404 g/mol. The monoisotopic (exact) mass is 425 g/mol. The summed E-state index contributed by atoms with van der Waals surface area (Å²) >= 11 is 6.22. The van der Waals surface area contributed by atoms with Crippen LogP contribution in [0.15, 0.2) is 53.1 Å². The van der Waals surface area contributed by atoms with E-state index in [0.717, 1.165) is 19.3 Å². The Morgan fingerprint density at radius 1 is 1.20 bits per heavy atom. The highest BCUT2D eigenvalue weighted by Crippen LogP contribution is 2.26. The number of aromatic nitrogens is 2. The summed E-state index contributed by atoms with van der Waals surface area (Å²) in [5.41, 5.74) is 1.28. The predicted molar refractivity (Wildman–Crippen MR) is 112 cm³/mol. The maximum absolute atomic E-state index is 13.2. The van der Waals surface area contributed by atoms with E-state index in [1.807, 2.05) is 30.4 Å². The van der Waals surface area contributed by atoms with Crippen LogP contribution < -0.4 is 0 Å². The summed E-state index contributed by atoms with van der Waals surface area (Å²) in [7, 11) is 0. The summed E-state index contributed by atoms with van der Waals surface area (Å²) in [5.74, 6) is -0.0441. The second kappa shape index (κ2) is 8.75. The van der Waals surface area contributed by atoms with Crippen molar-refractivity contribution < 1.29 is 18.7 Å². The van der Waals surface area contributed by atoms with Crippen LogP contribution in [0.25, 0.3) is 11.4 Å². The average Bonchev–Trinajstić information content (AvgIpc) is 3.22. The third-order valence-corrected chi connectivity index (χ3v) is 5.50. The summed E-state index contributed by atoms with van der Waals surface area (Å²) in [6.07, 6.45) is 9.99. The van der Waals surface area contributed by atoms with Gasteiger partial charge in [-0.2, -0.15) is 19.3 Å². The number of benzene rings is 1. The number of amides is 3. The van der Waals surface area contributed by atoms with Crippen LogP contribution in [-0.2, 0) is 11.3 Å². The molecule has 0 fully saturated rings. The molecule has 0 bridgehead atoms. The van der Waals surface area contributed by atoms with Gasteiger partial charge in [-0.3, -0.25) is 0 Å². The maximum Gasteiger partial charge on any atom is 0.501 e. The number of urea groups is 1. The van der Waals surface area contributed by atoms with Gasteiger partial charge in [-0.05, 0) is 31.1 Å². The molecule has 2 aromatic rings. The van der Waals surface area contributed by atoms with Crippen LogP contribution in [0, 0.1) is 5.92 Å². The Bertz CT molecular complexity index is 1070. The molecule has 2 heterocycles. The Balaban J connectivity index is 1.64. The van der Waals surface area contributed by atoms with Gasteiger partial charge in [0.1, 0.15) is 11.6 Å². The largest absolute Gasteiger partial charge is 0.501 e. The lowest BCUT2D eigenvalue weighted by Gasteiger charge is -2.26. The molecule has 2 aliphatic rings. The van der Waals surface area contributed by atoms with E-state index in [-0.39, 0.29) is 24.4 Å². The summed E-state index contributed by atoms with van der Waals surface area (Å²) < 4.78 is 6.94. The molecule has 8 heteroatoms. The van der Waals surface area contributed by atoms with Gasteiger partial charge in [0.05, 0.1) is 11.6 Å². The van der Waals surface area contributed by atoms with E-state index < -0.39 is 5.92 Å². The van der Waals surface area contributed by atoms with Gasteiger partial charge in [-0.1, -0.05) is 60.5 Å². The van der Waals surface area contributed by atoms with Gasteiger partial charge < -0.3 is 4.52 Å². The first-order valence-corrected chi connectivity index (χ1v) is 10.4. The Morgan fingerprint density at radius 2 is 2.03 bits per heavy atom. The molecule has 154 valence electrons. The van der Waals surface area contributed by atoms with Crippen LogP contribution in [0.4, 0.5) is 4.79 Å². The SMILES string of the molecule is CCCCCN1C(=O)C2C=CC=CC2=[N+](Cc2nc(-c3ccccc3Cl)no2)C1=O. The topological polar surface area (TPSA) is 79.3 Å². The maximum atomic E-state index is 13.2. The highest BCUT2D eigenvalue weighted by Gasteiger charge is 2.46. The van der Waals surface area contributed by atoms with Crippen LogP contribution in [-0.4, -0.2) is 43.8 Å². The standard InChI is InChI=1S/C22H22ClN4O3/c1-2-3-8-13-26-21(28)16-10-5-7-12-18(16)27(22(26)29)14-19-24-20(25-30-19)15-9-4-6-11-17(15)23/h4-7,9-12,16H,2-3,8,13-14H2,1H3/q+1. The van der Waals surface area contributed by atoms with Crippen molar-refractivity contribution in [3.63, 3.8) is 0 Å². The summed E-state index contributed by atoms with van der Waals surface area (Å²) in [4.78, 5) is 31.8. The summed E-state index contributed by atoms with van der Waals surface area (Å²) in [5, 5.41) is 4.52. The van der Waals surface area contributed by atoms with E-state index in [2.05, 4.69) is 17.1 Å². The third-order valence-electron chi connectivity index (χ3n) is 5.17. The minimum absolute atomic E-state index is 0.0812. The van der Waals surface area contributed by atoms with Crippen molar-refractivity contribution >= 4 is 29.3 Å². The number of nitrogens with zero attached hydrogens (tertiary/aromatic N) is 4. The third kappa shape index (κ3) is 3.85. The van der Waals surface area contributed by atoms with Crippen molar-refractivity contribution in [2.45, 2.75) is 32.7 Å². The number of fused-ring (bicyclic) bond motifs is 1. The molecule has 1 atom stereocenters. The van der Waals surface area contributed by atoms with Gasteiger partial charge in [-0.15, -0.1) is 0 Å². The van der Waals surface area contributed by atoms with Crippen molar-refractivity contribution in [2.75, 3.05) is 6.54 Å². The first kappa shape index (κ1) is 20.2. The molecule has 0 N–H and O–H groups in total. The molecule has 1 aromatic carbocycles. The Hall–Kier alpha value is -3.06. The normalized spacial score (nSPS) is 18.3. The number of allylic oxidation sites excluding steroid dienone is 3. The highest BCUT2D eigenvalue weighted by atomic mass is 35.5. The van der Waals surface area contributed by atoms with Crippen LogP contribution in [0.5, 0.6) is 0 Å². The number of halogens is 1. The number of carbonyl (C=O) groups is 2. The zero-order chi connectivity index (χ0) is 21.1. The molecule has 0 radical (unpaired) electrons. The first-order chi connectivity index (χ1) is 14.6. The number of carbonyl (C=O) groups excluding carboxylic acids is 2. The van der Waals surface area contributed by atoms with Gasteiger partial charge in [0.25, 0.3) is 5.89 Å². The molecule has 1 unspecified atom stereocenters. The van der Waals surface area contributed by atoms with Crippen molar-refractivity contribution in [1.29, 1.82) is 0 Å². The lowest BCUT2D eigenvalue weighted by molar-refractivity contribution is -0.460. The molecule has 1 aliphatic carbocycles. The number of hydrogen-bond acceptors (Lipinski definition) is 5. The van der Waals surface area contributed by atoms with Crippen molar-refractivity contribution in [1.82, 2.24) is 15.0 Å². The van der Waals surface area contributed by atoms with E-state index in [4.69, 9.17) is 16.1 Å². The molecule has 4 rings (SSSR count). The van der Waals surface area contributed by atoms with Crippen molar-refractivity contribution in [3.8, 4) is 11.4 Å². The van der Waals surface area contributed by atoms with E-state index in [0.29, 0.717) is 28.7 Å². The zero-order valence-corrected chi connectivity index (χ0v) is 17.4. The predicted octanol–water partition coefficient (Wildman–Crippen LogP) is 4.24.